The average molecular weight is 548 g/mol. The zero-order valence-electron chi connectivity index (χ0n) is 18.4. The number of nitrogens with zero attached hydrogens (tertiary/aromatic N) is 4. The van der Waals surface area contributed by atoms with E-state index in [1.807, 2.05) is 35.0 Å². The molecule has 2 aromatic carbocycles. The van der Waals surface area contributed by atoms with E-state index in [1.54, 1.807) is 12.1 Å². The molecule has 4 aromatic rings. The Balaban J connectivity index is 0.00000361. The SMILES string of the molecule is C.[C-]#[N+]c1cc(-n2ccc3cc(OCc4cnc(NS(C)(=O)=O)nc4)ccc32)cc(Cl)c1OCCCl. The summed E-state index contributed by atoms with van der Waals surface area (Å²) in [5, 5.41) is 1.26. The molecule has 36 heavy (non-hydrogen) atoms. The third-order valence-electron chi connectivity index (χ3n) is 4.78. The van der Waals surface area contributed by atoms with E-state index >= 15 is 0 Å². The fraction of sp³-hybridized carbons (Fsp3) is 0.208. The molecule has 0 saturated heterocycles. The Labute approximate surface area is 219 Å². The normalized spacial score (nSPS) is 10.9. The van der Waals surface area contributed by atoms with Crippen molar-refractivity contribution in [3.8, 4) is 17.2 Å². The standard InChI is InChI=1S/C23H19Cl2N5O4S.CH4/c1-26-20-11-17(10-19(25)22(20)33-8-6-24)30-7-5-16-9-18(3-4-21(16)30)34-14-15-12-27-23(28-13-15)29-35(2,31)32;/h3-5,7,9-13H,6,8,14H2,2H3,(H,27,28,29);1H4. The first-order chi connectivity index (χ1) is 16.8. The highest BCUT2D eigenvalue weighted by molar-refractivity contribution is 7.91. The Morgan fingerprint density at radius 1 is 1.14 bits per heavy atom. The van der Waals surface area contributed by atoms with Gasteiger partial charge in [0.05, 0.1) is 35.9 Å². The number of benzene rings is 2. The predicted octanol–water partition coefficient (Wildman–Crippen LogP) is 5.83. The van der Waals surface area contributed by atoms with Crippen LogP contribution < -0.4 is 14.2 Å². The summed E-state index contributed by atoms with van der Waals surface area (Å²) in [7, 11) is -3.44. The lowest BCUT2D eigenvalue weighted by Crippen LogP contribution is -2.12. The quantitative estimate of drug-likeness (QED) is 0.209. The van der Waals surface area contributed by atoms with Crippen LogP contribution in [0.5, 0.6) is 11.5 Å². The molecule has 0 aliphatic carbocycles. The Morgan fingerprint density at radius 3 is 2.56 bits per heavy atom. The number of aromatic nitrogens is 3. The first-order valence-corrected chi connectivity index (χ1v) is 13.0. The maximum absolute atomic E-state index is 11.3. The lowest BCUT2D eigenvalue weighted by molar-refractivity contribution is 0.305. The minimum atomic E-state index is -3.44. The van der Waals surface area contributed by atoms with Crippen molar-refractivity contribution in [2.24, 2.45) is 0 Å². The third-order valence-corrected chi connectivity index (χ3v) is 5.77. The molecule has 0 aliphatic heterocycles. The van der Waals surface area contributed by atoms with E-state index < -0.39 is 10.0 Å². The van der Waals surface area contributed by atoms with E-state index in [-0.39, 0.29) is 26.6 Å². The number of fused-ring (bicyclic) bond motifs is 1. The molecule has 0 amide bonds. The van der Waals surface area contributed by atoms with Gasteiger partial charge in [0.2, 0.25) is 21.7 Å². The minimum Gasteiger partial charge on any atom is -0.502 e. The van der Waals surface area contributed by atoms with Gasteiger partial charge in [-0.2, -0.15) is 0 Å². The van der Waals surface area contributed by atoms with Crippen LogP contribution in [0.25, 0.3) is 21.4 Å². The second kappa shape index (κ2) is 11.5. The summed E-state index contributed by atoms with van der Waals surface area (Å²) in [6, 6.07) is 11.0. The lowest BCUT2D eigenvalue weighted by Gasteiger charge is -2.13. The molecule has 4 rings (SSSR count). The molecule has 0 fully saturated rings. The van der Waals surface area contributed by atoms with Gasteiger partial charge in [0.1, 0.15) is 18.1 Å². The first-order valence-electron chi connectivity index (χ1n) is 10.2. The molecule has 0 atom stereocenters. The Hall–Kier alpha value is -3.52. The second-order valence-electron chi connectivity index (χ2n) is 7.41. The van der Waals surface area contributed by atoms with Gasteiger partial charge in [-0.15, -0.1) is 11.6 Å². The fourth-order valence-corrected chi connectivity index (χ4v) is 4.10. The molecule has 0 unspecified atom stereocenters. The molecule has 0 bridgehead atoms. The molecule has 2 heterocycles. The maximum Gasteiger partial charge on any atom is 0.236 e. The van der Waals surface area contributed by atoms with Crippen molar-refractivity contribution in [3.05, 3.63) is 77.0 Å². The van der Waals surface area contributed by atoms with Crippen LogP contribution in [0.1, 0.15) is 13.0 Å². The minimum absolute atomic E-state index is 0. The fourth-order valence-electron chi connectivity index (χ4n) is 3.32. The number of anilines is 1. The first kappa shape index (κ1) is 27.1. The van der Waals surface area contributed by atoms with E-state index in [0.717, 1.165) is 22.8 Å². The Bertz CT molecular complexity index is 1520. The molecular formula is C24H23Cl2N5O4S. The Kier molecular flexibility index (Phi) is 8.63. The molecule has 188 valence electrons. The molecule has 12 heteroatoms. The molecule has 2 aromatic heterocycles. The number of halogens is 2. The summed E-state index contributed by atoms with van der Waals surface area (Å²) in [6.45, 7) is 7.95. The predicted molar refractivity (Wildman–Crippen MR) is 142 cm³/mol. The molecular weight excluding hydrogens is 525 g/mol. The zero-order chi connectivity index (χ0) is 25.0. The van der Waals surface area contributed by atoms with E-state index in [1.165, 1.54) is 12.4 Å². The van der Waals surface area contributed by atoms with E-state index in [9.17, 15) is 8.42 Å². The molecule has 0 radical (unpaired) electrons. The highest BCUT2D eigenvalue weighted by Crippen LogP contribution is 2.39. The third kappa shape index (κ3) is 6.37. The number of nitrogens with one attached hydrogen (secondary N) is 1. The van der Waals surface area contributed by atoms with Gasteiger partial charge in [0, 0.05) is 35.2 Å². The van der Waals surface area contributed by atoms with Crippen molar-refractivity contribution < 1.29 is 17.9 Å². The van der Waals surface area contributed by atoms with Crippen LogP contribution in [0.2, 0.25) is 5.02 Å². The lowest BCUT2D eigenvalue weighted by atomic mass is 10.2. The van der Waals surface area contributed by atoms with Crippen LogP contribution in [0.3, 0.4) is 0 Å². The van der Waals surface area contributed by atoms with Gasteiger partial charge < -0.3 is 14.0 Å². The number of hydrogen-bond donors (Lipinski definition) is 1. The summed E-state index contributed by atoms with van der Waals surface area (Å²) >= 11 is 12.1. The molecule has 0 saturated carbocycles. The van der Waals surface area contributed by atoms with Gasteiger partial charge >= 0.3 is 0 Å². The smallest absolute Gasteiger partial charge is 0.236 e. The number of sulfonamides is 1. The van der Waals surface area contributed by atoms with Crippen molar-refractivity contribution in [3.63, 3.8) is 0 Å². The van der Waals surface area contributed by atoms with Crippen LogP contribution in [0.4, 0.5) is 11.6 Å². The summed E-state index contributed by atoms with van der Waals surface area (Å²) in [6.07, 6.45) is 5.90. The number of alkyl halides is 1. The molecule has 1 N–H and O–H groups in total. The van der Waals surface area contributed by atoms with Crippen molar-refractivity contribution in [2.75, 3.05) is 23.5 Å². The number of rotatable bonds is 9. The maximum atomic E-state index is 11.3. The number of ether oxygens (including phenoxy) is 2. The topological polar surface area (TPSA) is 99.7 Å². The monoisotopic (exact) mass is 547 g/mol. The van der Waals surface area contributed by atoms with Crippen molar-refractivity contribution in [1.82, 2.24) is 14.5 Å². The van der Waals surface area contributed by atoms with Crippen LogP contribution in [-0.4, -0.2) is 41.7 Å². The second-order valence-corrected chi connectivity index (χ2v) is 9.94. The molecule has 9 nitrogen and oxygen atoms in total. The summed E-state index contributed by atoms with van der Waals surface area (Å²) in [5.41, 5.74) is 2.61. The van der Waals surface area contributed by atoms with Gasteiger partial charge in [0.25, 0.3) is 0 Å². The van der Waals surface area contributed by atoms with Crippen molar-refractivity contribution in [1.29, 1.82) is 0 Å². The molecule has 0 spiro atoms. The summed E-state index contributed by atoms with van der Waals surface area (Å²) < 4.78 is 38.0. The van der Waals surface area contributed by atoms with Gasteiger partial charge in [-0.1, -0.05) is 19.0 Å². The van der Waals surface area contributed by atoms with Gasteiger partial charge in [0.15, 0.2) is 0 Å². The van der Waals surface area contributed by atoms with Crippen LogP contribution >= 0.6 is 23.2 Å². The summed E-state index contributed by atoms with van der Waals surface area (Å²) in [4.78, 5) is 11.5. The van der Waals surface area contributed by atoms with Gasteiger partial charge in [-0.3, -0.25) is 4.72 Å². The van der Waals surface area contributed by atoms with Crippen LogP contribution in [0.15, 0.2) is 55.0 Å². The van der Waals surface area contributed by atoms with Gasteiger partial charge in [-0.25, -0.2) is 23.2 Å². The number of hydrogen-bond acceptors (Lipinski definition) is 6. The van der Waals surface area contributed by atoms with Gasteiger partial charge in [-0.05, 0) is 36.4 Å². The average Bonchev–Trinajstić information content (AvgIpc) is 3.25. The van der Waals surface area contributed by atoms with E-state index in [4.69, 9.17) is 39.2 Å². The van der Waals surface area contributed by atoms with Crippen LogP contribution in [0, 0.1) is 6.57 Å². The zero-order valence-corrected chi connectivity index (χ0v) is 20.7. The van der Waals surface area contributed by atoms with E-state index in [0.29, 0.717) is 33.7 Å². The largest absolute Gasteiger partial charge is 0.502 e. The highest BCUT2D eigenvalue weighted by Gasteiger charge is 2.14. The highest BCUT2D eigenvalue weighted by atomic mass is 35.5. The van der Waals surface area contributed by atoms with Crippen molar-refractivity contribution in [2.45, 2.75) is 14.0 Å². The van der Waals surface area contributed by atoms with Crippen LogP contribution in [-0.2, 0) is 16.6 Å². The van der Waals surface area contributed by atoms with Crippen molar-refractivity contribution >= 4 is 55.8 Å². The summed E-state index contributed by atoms with van der Waals surface area (Å²) in [5.74, 6) is 1.25. The van der Waals surface area contributed by atoms with E-state index in [2.05, 4.69) is 19.5 Å². The molecule has 0 aliphatic rings. The Morgan fingerprint density at radius 2 is 1.89 bits per heavy atom.